The zero-order valence-electron chi connectivity index (χ0n) is 13.8. The van der Waals surface area contributed by atoms with Gasteiger partial charge in [0, 0.05) is 11.6 Å². The Labute approximate surface area is 135 Å². The topological polar surface area (TPSA) is 62.1 Å². The standard InChI is InChI=1S/C17H22F2N2O2/c1-11(21-16(22)14(8-20)17(2,3)4)9-23-10-12-7-13(18)5-6-15(12)19/h5-7,11,14H,9-10H2,1-4H3,(H,21,22)/t11-,14-/m1/s1. The smallest absolute Gasteiger partial charge is 0.238 e. The van der Waals surface area contributed by atoms with Crippen LogP contribution in [0.2, 0.25) is 0 Å². The summed E-state index contributed by atoms with van der Waals surface area (Å²) in [5.41, 5.74) is -0.350. The van der Waals surface area contributed by atoms with Crippen LogP contribution in [0.25, 0.3) is 0 Å². The van der Waals surface area contributed by atoms with Crippen molar-refractivity contribution in [2.75, 3.05) is 6.61 Å². The van der Waals surface area contributed by atoms with Gasteiger partial charge >= 0.3 is 0 Å². The molecule has 6 heteroatoms. The van der Waals surface area contributed by atoms with Crippen molar-refractivity contribution in [2.24, 2.45) is 11.3 Å². The second-order valence-corrected chi connectivity index (χ2v) is 6.59. The average molecular weight is 324 g/mol. The van der Waals surface area contributed by atoms with Gasteiger partial charge in [-0.2, -0.15) is 5.26 Å². The molecule has 1 rings (SSSR count). The Morgan fingerprint density at radius 3 is 2.61 bits per heavy atom. The number of carbonyl (C=O) groups excluding carboxylic acids is 1. The zero-order chi connectivity index (χ0) is 17.6. The van der Waals surface area contributed by atoms with Gasteiger partial charge in [-0.25, -0.2) is 8.78 Å². The number of nitrogens with zero attached hydrogens (tertiary/aromatic N) is 1. The quantitative estimate of drug-likeness (QED) is 0.874. The zero-order valence-corrected chi connectivity index (χ0v) is 13.8. The lowest BCUT2D eigenvalue weighted by Crippen LogP contribution is -2.43. The second-order valence-electron chi connectivity index (χ2n) is 6.59. The molecular weight excluding hydrogens is 302 g/mol. The van der Waals surface area contributed by atoms with Crippen molar-refractivity contribution in [3.8, 4) is 6.07 Å². The summed E-state index contributed by atoms with van der Waals surface area (Å²) in [6, 6.07) is 4.80. The van der Waals surface area contributed by atoms with Crippen LogP contribution < -0.4 is 5.32 Å². The van der Waals surface area contributed by atoms with Gasteiger partial charge in [-0.1, -0.05) is 20.8 Å². The Balaban J connectivity index is 2.48. The van der Waals surface area contributed by atoms with Crippen LogP contribution in [0.1, 0.15) is 33.3 Å². The molecule has 0 aliphatic rings. The molecule has 0 saturated carbocycles. The molecule has 0 radical (unpaired) electrons. The molecule has 1 N–H and O–H groups in total. The first-order valence-corrected chi connectivity index (χ1v) is 7.36. The summed E-state index contributed by atoms with van der Waals surface area (Å²) >= 11 is 0. The highest BCUT2D eigenvalue weighted by Gasteiger charge is 2.31. The second kappa shape index (κ2) is 8.02. The summed E-state index contributed by atoms with van der Waals surface area (Å²) in [5, 5.41) is 11.8. The van der Waals surface area contributed by atoms with Crippen molar-refractivity contribution in [1.29, 1.82) is 5.26 Å². The van der Waals surface area contributed by atoms with Crippen LogP contribution in [0.3, 0.4) is 0 Å². The minimum absolute atomic E-state index is 0.0925. The van der Waals surface area contributed by atoms with Gasteiger partial charge in [-0.05, 0) is 30.5 Å². The molecule has 0 saturated heterocycles. The molecule has 0 bridgehead atoms. The first kappa shape index (κ1) is 19.0. The number of benzene rings is 1. The fourth-order valence-electron chi connectivity index (χ4n) is 2.01. The summed E-state index contributed by atoms with van der Waals surface area (Å²) in [7, 11) is 0. The normalized spacial score (nSPS) is 14.0. The van der Waals surface area contributed by atoms with E-state index in [9.17, 15) is 13.6 Å². The summed E-state index contributed by atoms with van der Waals surface area (Å²) in [6.07, 6.45) is 0. The number of hydrogen-bond acceptors (Lipinski definition) is 3. The SMILES string of the molecule is C[C@H](COCc1cc(F)ccc1F)NC(=O)[C@@H](C#N)C(C)(C)C. The lowest BCUT2D eigenvalue weighted by molar-refractivity contribution is -0.127. The third kappa shape index (κ3) is 5.95. The molecule has 0 fully saturated rings. The van der Waals surface area contributed by atoms with E-state index >= 15 is 0 Å². The maximum Gasteiger partial charge on any atom is 0.238 e. The first-order valence-electron chi connectivity index (χ1n) is 7.36. The van der Waals surface area contributed by atoms with Crippen molar-refractivity contribution in [1.82, 2.24) is 5.32 Å². The molecule has 4 nitrogen and oxygen atoms in total. The van der Waals surface area contributed by atoms with Crippen LogP contribution in [0.5, 0.6) is 0 Å². The number of nitriles is 1. The molecule has 1 aromatic rings. The van der Waals surface area contributed by atoms with Gasteiger partial charge in [0.1, 0.15) is 17.6 Å². The van der Waals surface area contributed by atoms with Gasteiger partial charge in [0.25, 0.3) is 0 Å². The van der Waals surface area contributed by atoms with Crippen molar-refractivity contribution < 1.29 is 18.3 Å². The molecular formula is C17H22F2N2O2. The molecule has 0 aliphatic heterocycles. The van der Waals surface area contributed by atoms with Gasteiger partial charge < -0.3 is 10.1 Å². The molecule has 23 heavy (non-hydrogen) atoms. The molecule has 1 amide bonds. The highest BCUT2D eigenvalue weighted by Crippen LogP contribution is 2.25. The molecule has 0 spiro atoms. The van der Waals surface area contributed by atoms with Gasteiger partial charge in [0.15, 0.2) is 0 Å². The van der Waals surface area contributed by atoms with Gasteiger partial charge in [0.05, 0.1) is 19.3 Å². The lowest BCUT2D eigenvalue weighted by Gasteiger charge is -2.25. The Bertz CT molecular complexity index is 591. The maximum absolute atomic E-state index is 13.4. The summed E-state index contributed by atoms with van der Waals surface area (Å²) in [4.78, 5) is 12.1. The molecule has 0 aromatic heterocycles. The molecule has 126 valence electrons. The summed E-state index contributed by atoms with van der Waals surface area (Å²) in [6.45, 7) is 7.20. The van der Waals surface area contributed by atoms with Crippen LogP contribution >= 0.6 is 0 Å². The molecule has 1 aromatic carbocycles. The number of hydrogen-bond donors (Lipinski definition) is 1. The van der Waals surface area contributed by atoms with E-state index in [2.05, 4.69) is 5.32 Å². The molecule has 0 heterocycles. The van der Waals surface area contributed by atoms with E-state index in [0.29, 0.717) is 0 Å². The Morgan fingerprint density at radius 1 is 1.39 bits per heavy atom. The highest BCUT2D eigenvalue weighted by atomic mass is 19.1. The van der Waals surface area contributed by atoms with E-state index in [1.807, 2.05) is 26.8 Å². The number of carbonyl (C=O) groups is 1. The van der Waals surface area contributed by atoms with Crippen LogP contribution in [0.4, 0.5) is 8.78 Å². The first-order chi connectivity index (χ1) is 10.6. The predicted octanol–water partition coefficient (Wildman–Crippen LogP) is 3.17. The Kier molecular flexibility index (Phi) is 6.64. The maximum atomic E-state index is 13.4. The van der Waals surface area contributed by atoms with Crippen molar-refractivity contribution in [3.63, 3.8) is 0 Å². The van der Waals surface area contributed by atoms with Crippen molar-refractivity contribution in [2.45, 2.75) is 40.3 Å². The Hall–Kier alpha value is -2.00. The fraction of sp³-hybridized carbons (Fsp3) is 0.529. The Morgan fingerprint density at radius 2 is 2.04 bits per heavy atom. The van der Waals surface area contributed by atoms with E-state index in [-0.39, 0.29) is 30.7 Å². The number of nitrogens with one attached hydrogen (secondary N) is 1. The fourth-order valence-corrected chi connectivity index (χ4v) is 2.01. The number of amides is 1. The highest BCUT2D eigenvalue weighted by molar-refractivity contribution is 5.82. The van der Waals surface area contributed by atoms with Crippen LogP contribution in [0, 0.1) is 34.3 Å². The minimum Gasteiger partial charge on any atom is -0.375 e. The van der Waals surface area contributed by atoms with Crippen molar-refractivity contribution in [3.05, 3.63) is 35.4 Å². The third-order valence-electron chi connectivity index (χ3n) is 3.28. The van der Waals surface area contributed by atoms with E-state index in [1.165, 1.54) is 0 Å². The van der Waals surface area contributed by atoms with E-state index in [4.69, 9.17) is 10.00 Å². The van der Waals surface area contributed by atoms with Gasteiger partial charge in [-0.15, -0.1) is 0 Å². The van der Waals surface area contributed by atoms with Gasteiger partial charge in [0.2, 0.25) is 5.91 Å². The molecule has 0 aliphatic carbocycles. The molecule has 0 unspecified atom stereocenters. The van der Waals surface area contributed by atoms with Crippen LogP contribution in [-0.4, -0.2) is 18.6 Å². The number of ether oxygens (including phenoxy) is 1. The summed E-state index contributed by atoms with van der Waals surface area (Å²) < 4.78 is 31.8. The largest absolute Gasteiger partial charge is 0.375 e. The summed E-state index contributed by atoms with van der Waals surface area (Å²) in [5.74, 6) is -2.22. The monoisotopic (exact) mass is 324 g/mol. The van der Waals surface area contributed by atoms with E-state index < -0.39 is 23.0 Å². The number of rotatable bonds is 6. The molecule has 2 atom stereocenters. The van der Waals surface area contributed by atoms with Crippen molar-refractivity contribution >= 4 is 5.91 Å². The predicted molar refractivity (Wildman–Crippen MR) is 82.2 cm³/mol. The van der Waals surface area contributed by atoms with E-state index in [0.717, 1.165) is 18.2 Å². The van der Waals surface area contributed by atoms with Gasteiger partial charge in [-0.3, -0.25) is 4.79 Å². The van der Waals surface area contributed by atoms with E-state index in [1.54, 1.807) is 6.92 Å². The number of halogens is 2. The lowest BCUT2D eigenvalue weighted by atomic mass is 9.81. The van der Waals surface area contributed by atoms with Crippen LogP contribution in [-0.2, 0) is 16.1 Å². The van der Waals surface area contributed by atoms with Crippen LogP contribution in [0.15, 0.2) is 18.2 Å². The average Bonchev–Trinajstić information content (AvgIpc) is 2.41. The third-order valence-corrected chi connectivity index (χ3v) is 3.28. The minimum atomic E-state index is -0.773.